The number of benzene rings is 1. The third-order valence-corrected chi connectivity index (χ3v) is 3.64. The van der Waals surface area contributed by atoms with Gasteiger partial charge in [-0.1, -0.05) is 32.4 Å². The van der Waals surface area contributed by atoms with Gasteiger partial charge in [0, 0.05) is 10.4 Å². The van der Waals surface area contributed by atoms with E-state index in [0.29, 0.717) is 10.7 Å². The number of ketones is 1. The fourth-order valence-electron chi connectivity index (χ4n) is 2.10. The highest BCUT2D eigenvalue weighted by atomic mass is 35.5. The second-order valence-corrected chi connectivity index (χ2v) is 6.87. The molecule has 0 saturated heterocycles. The number of nitrogens with zero attached hydrogens (tertiary/aromatic N) is 2. The maximum absolute atomic E-state index is 12.7. The molecule has 132 valence electrons. The maximum Gasteiger partial charge on any atom is 0.343 e. The molecule has 0 spiro atoms. The van der Waals surface area contributed by atoms with Crippen LogP contribution in [0.3, 0.4) is 0 Å². The lowest BCUT2D eigenvalue weighted by molar-refractivity contribution is 0.0523. The van der Waals surface area contributed by atoms with Gasteiger partial charge in [0.1, 0.15) is 11.3 Å². The maximum atomic E-state index is 12.7. The molecule has 0 aliphatic rings. The highest BCUT2D eigenvalue weighted by Gasteiger charge is 2.27. The van der Waals surface area contributed by atoms with Crippen molar-refractivity contribution in [1.29, 1.82) is 0 Å². The zero-order chi connectivity index (χ0) is 18.8. The van der Waals surface area contributed by atoms with Gasteiger partial charge in [-0.15, -0.1) is 0 Å². The normalized spacial score (nSPS) is 11.2. The minimum Gasteiger partial charge on any atom is -0.462 e. The Morgan fingerprint density at radius 3 is 2.32 bits per heavy atom. The summed E-state index contributed by atoms with van der Waals surface area (Å²) in [5.41, 5.74) is -1.21. The van der Waals surface area contributed by atoms with Crippen LogP contribution in [-0.4, -0.2) is 28.1 Å². The topological polar surface area (TPSA) is 78.3 Å². The van der Waals surface area contributed by atoms with Crippen molar-refractivity contribution in [2.75, 3.05) is 6.61 Å². The van der Waals surface area contributed by atoms with Crippen LogP contribution in [0.15, 0.2) is 35.1 Å². The van der Waals surface area contributed by atoms with Crippen LogP contribution in [0.2, 0.25) is 5.02 Å². The quantitative estimate of drug-likeness (QED) is 0.616. The summed E-state index contributed by atoms with van der Waals surface area (Å²) in [5, 5.41) is 4.64. The van der Waals surface area contributed by atoms with Crippen molar-refractivity contribution in [2.24, 2.45) is 5.41 Å². The van der Waals surface area contributed by atoms with E-state index in [-0.39, 0.29) is 23.6 Å². The van der Waals surface area contributed by atoms with Crippen LogP contribution in [-0.2, 0) is 4.74 Å². The summed E-state index contributed by atoms with van der Waals surface area (Å²) >= 11 is 5.87. The van der Waals surface area contributed by atoms with Crippen LogP contribution in [0.1, 0.15) is 48.5 Å². The van der Waals surface area contributed by atoms with Crippen molar-refractivity contribution >= 4 is 23.4 Å². The molecule has 25 heavy (non-hydrogen) atoms. The average Bonchev–Trinajstić information content (AvgIpc) is 2.54. The van der Waals surface area contributed by atoms with Gasteiger partial charge in [-0.2, -0.15) is 9.78 Å². The summed E-state index contributed by atoms with van der Waals surface area (Å²) in [6.45, 7) is 6.96. The number of carbonyl (C=O) groups excluding carboxylic acids is 2. The number of hydrogen-bond acceptors (Lipinski definition) is 5. The Kier molecular flexibility index (Phi) is 5.42. The smallest absolute Gasteiger partial charge is 0.343 e. The number of Topliss-reactive ketones (excluding diaryl/α,β-unsaturated/α-hetero) is 1. The first-order valence-electron chi connectivity index (χ1n) is 7.77. The lowest BCUT2D eigenvalue weighted by atomic mass is 9.88. The number of hydrogen-bond donors (Lipinski definition) is 0. The first-order valence-corrected chi connectivity index (χ1v) is 8.15. The van der Waals surface area contributed by atoms with Crippen LogP contribution < -0.4 is 5.56 Å². The Bertz CT molecular complexity index is 864. The number of ether oxygens (including phenoxy) is 1. The number of halogens is 1. The van der Waals surface area contributed by atoms with Crippen LogP contribution >= 0.6 is 11.6 Å². The molecule has 0 bridgehead atoms. The molecule has 0 radical (unpaired) electrons. The number of rotatable bonds is 4. The Labute approximate surface area is 150 Å². The molecule has 2 aromatic rings. The predicted molar refractivity (Wildman–Crippen MR) is 94.6 cm³/mol. The number of esters is 1. The molecule has 2 rings (SSSR count). The first kappa shape index (κ1) is 18.9. The molecule has 7 heteroatoms. The summed E-state index contributed by atoms with van der Waals surface area (Å²) in [7, 11) is 0. The van der Waals surface area contributed by atoms with E-state index in [9.17, 15) is 14.4 Å². The fraction of sp³-hybridized carbons (Fsp3) is 0.333. The third-order valence-electron chi connectivity index (χ3n) is 3.39. The molecular formula is C18H19ClN2O4. The minimum atomic E-state index is -0.791. The standard InChI is InChI=1S/C18H19ClN2O4/c1-5-25-17(24)13-10-14(15(22)18(2,3)4)20-21(16(13)23)12-8-6-11(19)7-9-12/h6-10H,5H2,1-4H3. The SMILES string of the molecule is CCOC(=O)c1cc(C(=O)C(C)(C)C)nn(-c2ccc(Cl)cc2)c1=O. The molecule has 0 atom stereocenters. The molecular weight excluding hydrogens is 344 g/mol. The van der Waals surface area contributed by atoms with E-state index >= 15 is 0 Å². The largest absolute Gasteiger partial charge is 0.462 e. The number of carbonyl (C=O) groups is 2. The summed E-state index contributed by atoms with van der Waals surface area (Å²) in [4.78, 5) is 37.4. The highest BCUT2D eigenvalue weighted by molar-refractivity contribution is 6.30. The van der Waals surface area contributed by atoms with Gasteiger partial charge < -0.3 is 4.74 Å². The van der Waals surface area contributed by atoms with Gasteiger partial charge in [0.25, 0.3) is 5.56 Å². The van der Waals surface area contributed by atoms with E-state index in [4.69, 9.17) is 16.3 Å². The second kappa shape index (κ2) is 7.19. The summed E-state index contributed by atoms with van der Waals surface area (Å²) in [5.74, 6) is -1.08. The molecule has 1 aromatic carbocycles. The van der Waals surface area contributed by atoms with E-state index in [2.05, 4.69) is 5.10 Å². The van der Waals surface area contributed by atoms with E-state index in [1.54, 1.807) is 52.0 Å². The van der Waals surface area contributed by atoms with Crippen molar-refractivity contribution in [3.8, 4) is 5.69 Å². The highest BCUT2D eigenvalue weighted by Crippen LogP contribution is 2.20. The molecule has 1 heterocycles. The van der Waals surface area contributed by atoms with Crippen LogP contribution in [0.25, 0.3) is 5.69 Å². The fourth-order valence-corrected chi connectivity index (χ4v) is 2.23. The molecule has 1 aromatic heterocycles. The first-order chi connectivity index (χ1) is 11.6. The average molecular weight is 363 g/mol. The van der Waals surface area contributed by atoms with Gasteiger partial charge in [0.2, 0.25) is 0 Å². The van der Waals surface area contributed by atoms with Crippen molar-refractivity contribution in [1.82, 2.24) is 9.78 Å². The van der Waals surface area contributed by atoms with Crippen molar-refractivity contribution in [3.05, 3.63) is 57.0 Å². The molecule has 0 aliphatic heterocycles. The predicted octanol–water partition coefficient (Wildman–Crippen LogP) is 3.29. The minimum absolute atomic E-state index is 0.0186. The third kappa shape index (κ3) is 4.14. The lowest BCUT2D eigenvalue weighted by Crippen LogP contribution is -2.32. The second-order valence-electron chi connectivity index (χ2n) is 6.44. The van der Waals surface area contributed by atoms with Gasteiger partial charge in [0.05, 0.1) is 12.3 Å². The molecule has 0 amide bonds. The zero-order valence-electron chi connectivity index (χ0n) is 14.5. The van der Waals surface area contributed by atoms with Crippen LogP contribution in [0, 0.1) is 5.41 Å². The summed E-state index contributed by atoms with van der Waals surface area (Å²) < 4.78 is 5.94. The van der Waals surface area contributed by atoms with Crippen LogP contribution in [0.4, 0.5) is 0 Å². The molecule has 0 N–H and O–H groups in total. The monoisotopic (exact) mass is 362 g/mol. The summed E-state index contributed by atoms with van der Waals surface area (Å²) in [6.07, 6.45) is 0. The van der Waals surface area contributed by atoms with Gasteiger partial charge in [-0.05, 0) is 37.3 Å². The van der Waals surface area contributed by atoms with E-state index in [1.807, 2.05) is 0 Å². The Morgan fingerprint density at radius 1 is 1.20 bits per heavy atom. The molecule has 0 aliphatic carbocycles. The Balaban J connectivity index is 2.71. The van der Waals surface area contributed by atoms with E-state index in [0.717, 1.165) is 4.68 Å². The van der Waals surface area contributed by atoms with Gasteiger partial charge in [0.15, 0.2) is 5.78 Å². The van der Waals surface area contributed by atoms with Gasteiger partial charge >= 0.3 is 5.97 Å². The van der Waals surface area contributed by atoms with Gasteiger partial charge in [-0.3, -0.25) is 9.59 Å². The molecule has 0 unspecified atom stereocenters. The zero-order valence-corrected chi connectivity index (χ0v) is 15.3. The Morgan fingerprint density at radius 2 is 1.80 bits per heavy atom. The lowest BCUT2D eigenvalue weighted by Gasteiger charge is -2.17. The van der Waals surface area contributed by atoms with Crippen molar-refractivity contribution in [3.63, 3.8) is 0 Å². The van der Waals surface area contributed by atoms with Crippen LogP contribution in [0.5, 0.6) is 0 Å². The van der Waals surface area contributed by atoms with Crippen molar-refractivity contribution in [2.45, 2.75) is 27.7 Å². The van der Waals surface area contributed by atoms with E-state index in [1.165, 1.54) is 6.07 Å². The molecule has 6 nitrogen and oxygen atoms in total. The Hall–Kier alpha value is -2.47. The van der Waals surface area contributed by atoms with Crippen molar-refractivity contribution < 1.29 is 14.3 Å². The molecule has 0 saturated carbocycles. The van der Waals surface area contributed by atoms with Gasteiger partial charge in [-0.25, -0.2) is 4.79 Å². The summed E-state index contributed by atoms with van der Waals surface area (Å²) in [6, 6.07) is 7.54. The van der Waals surface area contributed by atoms with E-state index < -0.39 is 16.9 Å². The number of aromatic nitrogens is 2. The molecule has 0 fully saturated rings.